The number of fused-ring (bicyclic) bond motifs is 2. The van der Waals surface area contributed by atoms with Crippen molar-refractivity contribution >= 4 is 21.9 Å². The predicted molar refractivity (Wildman–Crippen MR) is 77.4 cm³/mol. The zero-order chi connectivity index (χ0) is 14.2. The number of benzene rings is 2. The van der Waals surface area contributed by atoms with E-state index in [2.05, 4.69) is 19.9 Å². The lowest BCUT2D eigenvalue weighted by Crippen LogP contribution is -1.91. The van der Waals surface area contributed by atoms with Gasteiger partial charge in [0.15, 0.2) is 17.1 Å². The Morgan fingerprint density at radius 1 is 1.00 bits per heavy atom. The van der Waals surface area contributed by atoms with Crippen LogP contribution in [0.2, 0.25) is 0 Å². The van der Waals surface area contributed by atoms with Gasteiger partial charge in [0.25, 0.3) is 0 Å². The van der Waals surface area contributed by atoms with Crippen molar-refractivity contribution in [2.24, 2.45) is 0 Å². The number of phenolic OH excluding ortho intramolecular Hbond substituents is 1. The molecule has 6 heteroatoms. The topological polar surface area (TPSA) is 83.9 Å². The standard InChI is InChI=1S/C15H10N4O2/c20-11-5-9-3-1-2-4-10(9)6-12(11)21-15-13-14(17-7-16-13)18-8-19-15/h1-8,20H,(H,16,17,18,19). The van der Waals surface area contributed by atoms with Gasteiger partial charge in [0, 0.05) is 0 Å². The number of nitrogens with one attached hydrogen (secondary N) is 1. The number of H-pyrrole nitrogens is 1. The van der Waals surface area contributed by atoms with Crippen molar-refractivity contribution in [1.29, 1.82) is 0 Å². The summed E-state index contributed by atoms with van der Waals surface area (Å²) in [6.45, 7) is 0. The SMILES string of the molecule is Oc1cc2ccccc2cc1Oc1ncnc2nc[nH]c12. The molecule has 0 radical (unpaired) electrons. The van der Waals surface area contributed by atoms with Gasteiger partial charge in [-0.1, -0.05) is 24.3 Å². The average Bonchev–Trinajstić information content (AvgIpc) is 2.97. The van der Waals surface area contributed by atoms with Crippen LogP contribution in [0, 0.1) is 0 Å². The lowest BCUT2D eigenvalue weighted by atomic mass is 10.1. The number of aromatic amines is 1. The van der Waals surface area contributed by atoms with E-state index in [0.29, 0.717) is 22.8 Å². The van der Waals surface area contributed by atoms with E-state index in [1.54, 1.807) is 12.1 Å². The van der Waals surface area contributed by atoms with E-state index < -0.39 is 0 Å². The Morgan fingerprint density at radius 3 is 2.67 bits per heavy atom. The van der Waals surface area contributed by atoms with E-state index in [9.17, 15) is 5.11 Å². The minimum absolute atomic E-state index is 0.0555. The first-order chi connectivity index (χ1) is 10.3. The quantitative estimate of drug-likeness (QED) is 0.589. The largest absolute Gasteiger partial charge is 0.504 e. The monoisotopic (exact) mass is 278 g/mol. The molecule has 0 aliphatic heterocycles. The summed E-state index contributed by atoms with van der Waals surface area (Å²) >= 11 is 0. The lowest BCUT2D eigenvalue weighted by molar-refractivity contribution is 0.406. The molecule has 6 nitrogen and oxygen atoms in total. The lowest BCUT2D eigenvalue weighted by Gasteiger charge is -2.08. The summed E-state index contributed by atoms with van der Waals surface area (Å²) in [7, 11) is 0. The molecule has 0 unspecified atom stereocenters. The average molecular weight is 278 g/mol. The molecule has 0 aliphatic carbocycles. The Kier molecular flexibility index (Phi) is 2.47. The van der Waals surface area contributed by atoms with Gasteiger partial charge in [-0.15, -0.1) is 0 Å². The third kappa shape index (κ3) is 1.93. The molecule has 0 saturated heterocycles. The number of hydrogen-bond acceptors (Lipinski definition) is 5. The van der Waals surface area contributed by atoms with Crippen molar-refractivity contribution < 1.29 is 9.84 Å². The number of phenols is 1. The van der Waals surface area contributed by atoms with Crippen LogP contribution in [0.4, 0.5) is 0 Å². The maximum Gasteiger partial charge on any atom is 0.248 e. The van der Waals surface area contributed by atoms with Gasteiger partial charge in [0.1, 0.15) is 11.8 Å². The summed E-state index contributed by atoms with van der Waals surface area (Å²) < 4.78 is 5.72. The van der Waals surface area contributed by atoms with E-state index in [0.717, 1.165) is 10.8 Å². The minimum atomic E-state index is 0.0555. The summed E-state index contributed by atoms with van der Waals surface area (Å²) in [5, 5.41) is 12.0. The molecule has 2 aromatic carbocycles. The minimum Gasteiger partial charge on any atom is -0.504 e. The smallest absolute Gasteiger partial charge is 0.248 e. The fourth-order valence-electron chi connectivity index (χ4n) is 2.21. The molecule has 2 aromatic heterocycles. The van der Waals surface area contributed by atoms with Gasteiger partial charge in [-0.25, -0.2) is 9.97 Å². The second-order valence-corrected chi connectivity index (χ2v) is 4.55. The zero-order valence-corrected chi connectivity index (χ0v) is 10.8. The van der Waals surface area contributed by atoms with E-state index in [-0.39, 0.29) is 5.75 Å². The Bertz CT molecular complexity index is 949. The van der Waals surface area contributed by atoms with Crippen LogP contribution >= 0.6 is 0 Å². The third-order valence-electron chi connectivity index (χ3n) is 3.22. The molecular weight excluding hydrogens is 268 g/mol. The second kappa shape index (κ2) is 4.45. The highest BCUT2D eigenvalue weighted by molar-refractivity contribution is 5.86. The second-order valence-electron chi connectivity index (χ2n) is 4.55. The van der Waals surface area contributed by atoms with E-state index in [1.165, 1.54) is 12.7 Å². The predicted octanol–water partition coefficient (Wildman–Crippen LogP) is 3.00. The molecule has 4 rings (SSSR count). The molecule has 0 bridgehead atoms. The maximum atomic E-state index is 10.1. The van der Waals surface area contributed by atoms with Crippen LogP contribution in [0.1, 0.15) is 0 Å². The molecular formula is C15H10N4O2. The summed E-state index contributed by atoms with van der Waals surface area (Å²) in [6.07, 6.45) is 2.89. The Hall–Kier alpha value is -3.15. The normalized spacial score (nSPS) is 11.0. The highest BCUT2D eigenvalue weighted by Crippen LogP contribution is 2.35. The van der Waals surface area contributed by atoms with Crippen LogP contribution in [0.25, 0.3) is 21.9 Å². The molecule has 2 heterocycles. The molecule has 0 atom stereocenters. The number of rotatable bonds is 2. The number of ether oxygens (including phenoxy) is 1. The van der Waals surface area contributed by atoms with Gasteiger partial charge in [-0.05, 0) is 22.9 Å². The van der Waals surface area contributed by atoms with Gasteiger partial charge in [-0.2, -0.15) is 4.98 Å². The molecule has 0 fully saturated rings. The van der Waals surface area contributed by atoms with Gasteiger partial charge in [0.2, 0.25) is 5.88 Å². The number of aromatic hydroxyl groups is 1. The van der Waals surface area contributed by atoms with E-state index in [1.807, 2.05) is 24.3 Å². The highest BCUT2D eigenvalue weighted by atomic mass is 16.5. The van der Waals surface area contributed by atoms with Crippen LogP contribution in [-0.2, 0) is 0 Å². The Labute approximate surface area is 119 Å². The van der Waals surface area contributed by atoms with Crippen molar-refractivity contribution in [2.45, 2.75) is 0 Å². The molecule has 2 N–H and O–H groups in total. The van der Waals surface area contributed by atoms with Gasteiger partial charge >= 0.3 is 0 Å². The molecule has 4 aromatic rings. The van der Waals surface area contributed by atoms with E-state index >= 15 is 0 Å². The summed E-state index contributed by atoms with van der Waals surface area (Å²) in [6, 6.07) is 11.2. The van der Waals surface area contributed by atoms with Crippen LogP contribution in [0.15, 0.2) is 49.1 Å². The van der Waals surface area contributed by atoms with Crippen molar-refractivity contribution in [1.82, 2.24) is 19.9 Å². The first-order valence-corrected chi connectivity index (χ1v) is 6.35. The van der Waals surface area contributed by atoms with Gasteiger partial charge in [0.05, 0.1) is 6.33 Å². The van der Waals surface area contributed by atoms with Crippen molar-refractivity contribution in [3.8, 4) is 17.4 Å². The van der Waals surface area contributed by atoms with Crippen LogP contribution in [-0.4, -0.2) is 25.0 Å². The fourth-order valence-corrected chi connectivity index (χ4v) is 2.21. The summed E-state index contributed by atoms with van der Waals surface area (Å²) in [5.74, 6) is 0.714. The molecule has 0 aliphatic rings. The molecule has 0 spiro atoms. The summed E-state index contributed by atoms with van der Waals surface area (Å²) in [5.41, 5.74) is 1.10. The number of imidazole rings is 1. The highest BCUT2D eigenvalue weighted by Gasteiger charge is 2.11. The van der Waals surface area contributed by atoms with Crippen LogP contribution in [0.3, 0.4) is 0 Å². The molecule has 21 heavy (non-hydrogen) atoms. The van der Waals surface area contributed by atoms with Crippen molar-refractivity contribution in [3.63, 3.8) is 0 Å². The van der Waals surface area contributed by atoms with Gasteiger partial charge < -0.3 is 14.8 Å². The van der Waals surface area contributed by atoms with E-state index in [4.69, 9.17) is 4.74 Å². The third-order valence-corrected chi connectivity index (χ3v) is 3.22. The molecule has 0 saturated carbocycles. The van der Waals surface area contributed by atoms with Crippen molar-refractivity contribution in [2.75, 3.05) is 0 Å². The Balaban J connectivity index is 1.83. The van der Waals surface area contributed by atoms with Crippen molar-refractivity contribution in [3.05, 3.63) is 49.1 Å². The number of aromatic nitrogens is 4. The number of nitrogens with zero attached hydrogens (tertiary/aromatic N) is 3. The maximum absolute atomic E-state index is 10.1. The van der Waals surface area contributed by atoms with Crippen LogP contribution in [0.5, 0.6) is 17.4 Å². The zero-order valence-electron chi connectivity index (χ0n) is 10.8. The first kappa shape index (κ1) is 11.7. The summed E-state index contributed by atoms with van der Waals surface area (Å²) in [4.78, 5) is 15.1. The molecule has 102 valence electrons. The van der Waals surface area contributed by atoms with Crippen LogP contribution < -0.4 is 4.74 Å². The Morgan fingerprint density at radius 2 is 1.81 bits per heavy atom. The first-order valence-electron chi connectivity index (χ1n) is 6.35. The van der Waals surface area contributed by atoms with Gasteiger partial charge in [-0.3, -0.25) is 0 Å². The number of hydrogen-bond donors (Lipinski definition) is 2. The molecule has 0 amide bonds. The fraction of sp³-hybridized carbons (Fsp3) is 0.